The lowest BCUT2D eigenvalue weighted by Crippen LogP contribution is -2.25. The van der Waals surface area contributed by atoms with E-state index in [1.165, 1.54) is 0 Å². The van der Waals surface area contributed by atoms with Crippen LogP contribution in [0, 0.1) is 0 Å². The van der Waals surface area contributed by atoms with E-state index in [1.54, 1.807) is 36.4 Å². The zero-order valence-electron chi connectivity index (χ0n) is 12.2. The molecule has 1 N–H and O–H groups in total. The summed E-state index contributed by atoms with van der Waals surface area (Å²) in [4.78, 5) is 11.2. The van der Waals surface area contributed by atoms with Crippen molar-refractivity contribution in [2.45, 2.75) is 25.6 Å². The number of carboxylic acid groups (broad SMARTS) is 1. The maximum atomic E-state index is 11.2. The fourth-order valence-electron chi connectivity index (χ4n) is 2.05. The van der Waals surface area contributed by atoms with Crippen molar-refractivity contribution in [3.05, 3.63) is 42.0 Å². The minimum absolute atomic E-state index is 0.295. The first-order valence-corrected chi connectivity index (χ1v) is 7.02. The summed E-state index contributed by atoms with van der Waals surface area (Å²) in [5.74, 6) is -0.201. The predicted octanol–water partition coefficient (Wildman–Crippen LogP) is 2.36. The second kappa shape index (κ2) is 6.74. The van der Waals surface area contributed by atoms with Crippen LogP contribution in [0.4, 0.5) is 0 Å². The summed E-state index contributed by atoms with van der Waals surface area (Å²) < 4.78 is 16.4. The van der Waals surface area contributed by atoms with Gasteiger partial charge in [-0.2, -0.15) is 0 Å². The lowest BCUT2D eigenvalue weighted by Gasteiger charge is -2.18. The Morgan fingerprint density at radius 2 is 1.71 bits per heavy atom. The number of rotatable bonds is 9. The van der Waals surface area contributed by atoms with Crippen molar-refractivity contribution < 1.29 is 24.1 Å². The summed E-state index contributed by atoms with van der Waals surface area (Å²) in [6.07, 6.45) is 2.95. The van der Waals surface area contributed by atoms with Crippen molar-refractivity contribution in [1.29, 1.82) is 0 Å². The number of carboxylic acids is 1. The molecule has 5 heteroatoms. The highest BCUT2D eigenvalue weighted by molar-refractivity contribution is 5.92. The van der Waals surface area contributed by atoms with Gasteiger partial charge in [0.1, 0.15) is 17.8 Å². The normalized spacial score (nSPS) is 15.2. The Kier molecular flexibility index (Phi) is 4.98. The van der Waals surface area contributed by atoms with Crippen LogP contribution in [0.5, 0.6) is 5.75 Å². The first kappa shape index (κ1) is 15.5. The van der Waals surface area contributed by atoms with Crippen molar-refractivity contribution in [3.8, 4) is 5.75 Å². The second-order valence-electron chi connectivity index (χ2n) is 4.68. The number of ether oxygens (including phenoxy) is 3. The van der Waals surface area contributed by atoms with Gasteiger partial charge in [-0.05, 0) is 31.5 Å². The zero-order valence-corrected chi connectivity index (χ0v) is 12.2. The van der Waals surface area contributed by atoms with E-state index in [4.69, 9.17) is 14.2 Å². The molecule has 5 nitrogen and oxygen atoms in total. The molecule has 21 heavy (non-hydrogen) atoms. The van der Waals surface area contributed by atoms with E-state index in [1.807, 2.05) is 13.8 Å². The Hall–Kier alpha value is -1.85. The van der Waals surface area contributed by atoms with Gasteiger partial charge in [0.25, 0.3) is 0 Å². The maximum absolute atomic E-state index is 11.2. The predicted molar refractivity (Wildman–Crippen MR) is 77.4 cm³/mol. The molecular formula is C16H20O5. The number of hydrogen-bond acceptors (Lipinski definition) is 4. The van der Waals surface area contributed by atoms with Gasteiger partial charge in [0.15, 0.2) is 6.29 Å². The number of hydrogen-bond donors (Lipinski definition) is 1. The molecule has 114 valence electrons. The molecule has 0 fully saturated rings. The first-order chi connectivity index (χ1) is 10.1. The van der Waals surface area contributed by atoms with E-state index in [9.17, 15) is 9.90 Å². The summed E-state index contributed by atoms with van der Waals surface area (Å²) >= 11 is 0. The van der Waals surface area contributed by atoms with Crippen LogP contribution in [-0.2, 0) is 19.7 Å². The highest BCUT2D eigenvalue weighted by atomic mass is 16.7. The van der Waals surface area contributed by atoms with E-state index in [0.29, 0.717) is 25.6 Å². The average Bonchev–Trinajstić information content (AvgIpc) is 3.27. The maximum Gasteiger partial charge on any atom is 0.321 e. The standard InChI is InChI=1S/C16H20O5/c1-3-19-14(20-4-2)11-21-13-7-5-12(6-8-13)16(9-10-16)15(17)18/h5-10,14H,3-4,11H2,1-2H3,(H,17,18). The third-order valence-electron chi connectivity index (χ3n) is 3.28. The largest absolute Gasteiger partial charge is 0.488 e. The first-order valence-electron chi connectivity index (χ1n) is 7.02. The van der Waals surface area contributed by atoms with Crippen molar-refractivity contribution in [2.75, 3.05) is 19.8 Å². The third-order valence-corrected chi connectivity index (χ3v) is 3.28. The van der Waals surface area contributed by atoms with Crippen molar-refractivity contribution in [3.63, 3.8) is 0 Å². The number of benzene rings is 1. The lowest BCUT2D eigenvalue weighted by molar-refractivity contribution is -0.152. The van der Waals surface area contributed by atoms with Crippen LogP contribution >= 0.6 is 0 Å². The van der Waals surface area contributed by atoms with Crippen LogP contribution in [-0.4, -0.2) is 37.2 Å². The van der Waals surface area contributed by atoms with E-state index < -0.39 is 17.7 Å². The molecule has 0 aliphatic heterocycles. The van der Waals surface area contributed by atoms with Crippen LogP contribution in [0.25, 0.3) is 0 Å². The molecule has 0 saturated heterocycles. The van der Waals surface area contributed by atoms with Gasteiger partial charge in [-0.3, -0.25) is 4.79 Å². The molecule has 1 aliphatic carbocycles. The minimum Gasteiger partial charge on any atom is -0.488 e. The molecule has 0 heterocycles. The molecule has 1 aromatic carbocycles. The molecule has 0 saturated carbocycles. The summed E-state index contributed by atoms with van der Waals surface area (Å²) in [5.41, 5.74) is -0.189. The van der Waals surface area contributed by atoms with Crippen LogP contribution in [0.2, 0.25) is 0 Å². The molecule has 0 aromatic heterocycles. The quantitative estimate of drug-likeness (QED) is 0.559. The van der Waals surface area contributed by atoms with Gasteiger partial charge in [-0.15, -0.1) is 0 Å². The average molecular weight is 292 g/mol. The van der Waals surface area contributed by atoms with Gasteiger partial charge >= 0.3 is 5.97 Å². The van der Waals surface area contributed by atoms with E-state index in [0.717, 1.165) is 5.56 Å². The molecule has 0 amide bonds. The Morgan fingerprint density at radius 3 is 2.14 bits per heavy atom. The number of carbonyl (C=O) groups is 1. The highest BCUT2D eigenvalue weighted by Crippen LogP contribution is 2.39. The van der Waals surface area contributed by atoms with E-state index in [-0.39, 0.29) is 0 Å². The van der Waals surface area contributed by atoms with Crippen LogP contribution in [0.1, 0.15) is 19.4 Å². The van der Waals surface area contributed by atoms with Gasteiger partial charge in [0.05, 0.1) is 0 Å². The Labute approximate surface area is 124 Å². The molecule has 0 unspecified atom stereocenters. The summed E-state index contributed by atoms with van der Waals surface area (Å²) in [6.45, 7) is 5.20. The fraction of sp³-hybridized carbons (Fsp3) is 0.438. The number of aliphatic carboxylic acids is 1. The zero-order chi connectivity index (χ0) is 15.3. The van der Waals surface area contributed by atoms with Gasteiger partial charge in [-0.1, -0.05) is 24.3 Å². The third kappa shape index (κ3) is 3.62. The van der Waals surface area contributed by atoms with Gasteiger partial charge in [0.2, 0.25) is 0 Å². The molecule has 1 aliphatic rings. The van der Waals surface area contributed by atoms with Crippen molar-refractivity contribution in [2.24, 2.45) is 0 Å². The second-order valence-corrected chi connectivity index (χ2v) is 4.68. The molecule has 0 atom stereocenters. The van der Waals surface area contributed by atoms with E-state index in [2.05, 4.69) is 0 Å². The van der Waals surface area contributed by atoms with Crippen molar-refractivity contribution in [1.82, 2.24) is 0 Å². The lowest BCUT2D eigenvalue weighted by atomic mass is 9.94. The van der Waals surface area contributed by atoms with Gasteiger partial charge in [-0.25, -0.2) is 0 Å². The summed E-state index contributed by atoms with van der Waals surface area (Å²) in [5, 5.41) is 9.19. The molecule has 0 spiro atoms. The van der Waals surface area contributed by atoms with Crippen LogP contribution < -0.4 is 4.74 Å². The Bertz CT molecular complexity index is 494. The minimum atomic E-state index is -0.919. The Morgan fingerprint density at radius 1 is 1.14 bits per heavy atom. The SMILES string of the molecule is CCOC(COc1ccc(C2(C(=O)O)C=C2)cc1)OCC. The monoisotopic (exact) mass is 292 g/mol. The van der Waals surface area contributed by atoms with Gasteiger partial charge < -0.3 is 19.3 Å². The fourth-order valence-corrected chi connectivity index (χ4v) is 2.05. The molecule has 1 aromatic rings. The van der Waals surface area contributed by atoms with E-state index >= 15 is 0 Å². The van der Waals surface area contributed by atoms with Crippen LogP contribution in [0.15, 0.2) is 36.4 Å². The topological polar surface area (TPSA) is 65.0 Å². The molecule has 2 rings (SSSR count). The highest BCUT2D eigenvalue weighted by Gasteiger charge is 2.44. The Balaban J connectivity index is 1.92. The molecule has 0 radical (unpaired) electrons. The van der Waals surface area contributed by atoms with Crippen LogP contribution in [0.3, 0.4) is 0 Å². The summed E-state index contributed by atoms with van der Waals surface area (Å²) in [6, 6.07) is 7.05. The smallest absolute Gasteiger partial charge is 0.321 e. The molecular weight excluding hydrogens is 272 g/mol. The van der Waals surface area contributed by atoms with Crippen molar-refractivity contribution >= 4 is 5.97 Å². The van der Waals surface area contributed by atoms with Gasteiger partial charge in [0, 0.05) is 13.2 Å². The molecule has 0 bridgehead atoms. The summed E-state index contributed by atoms with van der Waals surface area (Å²) in [7, 11) is 0.